The Bertz CT molecular complexity index is 3410. The second kappa shape index (κ2) is 24.2. The molecule has 0 unspecified atom stereocenters. The number of carbonyl (C=O) groups is 2. The number of methoxy groups -OCH3 is 1. The molecule has 76 heavy (non-hydrogen) atoms. The van der Waals surface area contributed by atoms with Crippen molar-refractivity contribution in [3.05, 3.63) is 207 Å². The summed E-state index contributed by atoms with van der Waals surface area (Å²) >= 11 is 0. The number of hydrogen-bond acceptors (Lipinski definition) is 12. The van der Waals surface area contributed by atoms with Gasteiger partial charge in [-0.25, -0.2) is 0 Å². The SMILES string of the molecule is C.CCc1cccc(COS(C)(=O)=O)c1.COc1cc2c(cc1OCc1cccc(COc3cc4c(cc3C)C(=O)N3c5ccccc5C[C@H]3C=N4)c1)N=C[C@@H]1Cc3ccccc3N1C2=O.OCc1cccc(CO)c1. The smallest absolute Gasteiger partial charge is 0.264 e. The second-order valence-electron chi connectivity index (χ2n) is 18.5. The molecule has 0 aliphatic carbocycles. The van der Waals surface area contributed by atoms with Crippen LogP contribution in [0.25, 0.3) is 0 Å². The lowest BCUT2D eigenvalue weighted by Crippen LogP contribution is -2.37. The molecule has 392 valence electrons. The van der Waals surface area contributed by atoms with Crippen LogP contribution in [-0.2, 0) is 66.6 Å². The molecule has 0 radical (unpaired) electrons. The summed E-state index contributed by atoms with van der Waals surface area (Å²) in [6.07, 6.45) is 7.19. The average molecular weight is 1040 g/mol. The zero-order valence-corrected chi connectivity index (χ0v) is 43.0. The normalized spacial score (nSPS) is 15.4. The first-order chi connectivity index (χ1) is 36.3. The first kappa shape index (κ1) is 54.3. The van der Waals surface area contributed by atoms with Crippen LogP contribution in [0.4, 0.5) is 22.7 Å². The van der Waals surface area contributed by atoms with E-state index in [-0.39, 0.29) is 57.8 Å². The minimum absolute atomic E-state index is 0. The van der Waals surface area contributed by atoms with Crippen LogP contribution in [-0.4, -0.2) is 68.3 Å². The number of carbonyl (C=O) groups excluding carboxylic acids is 2. The van der Waals surface area contributed by atoms with Crippen molar-refractivity contribution < 1.29 is 46.6 Å². The molecule has 0 aromatic heterocycles. The number of aliphatic imine (C=N–C) groups is 2. The molecule has 14 nitrogen and oxygen atoms in total. The summed E-state index contributed by atoms with van der Waals surface area (Å²) in [6.45, 7) is 4.79. The molecule has 4 aliphatic rings. The van der Waals surface area contributed by atoms with E-state index in [4.69, 9.17) is 34.4 Å². The van der Waals surface area contributed by atoms with Gasteiger partial charge in [0.1, 0.15) is 19.0 Å². The van der Waals surface area contributed by atoms with Gasteiger partial charge in [-0.1, -0.05) is 117 Å². The number of hydrogen-bond donors (Lipinski definition) is 2. The summed E-state index contributed by atoms with van der Waals surface area (Å²) in [7, 11) is -1.77. The first-order valence-corrected chi connectivity index (χ1v) is 26.5. The Labute approximate surface area is 444 Å². The minimum Gasteiger partial charge on any atom is -0.493 e. The van der Waals surface area contributed by atoms with Crippen LogP contribution >= 0.6 is 0 Å². The fraction of sp³-hybridized carbons (Fsp3) is 0.246. The number of para-hydroxylation sites is 2. The number of nitrogens with zero attached hydrogens (tertiary/aromatic N) is 4. The van der Waals surface area contributed by atoms with Crippen LogP contribution in [0.5, 0.6) is 17.2 Å². The number of aliphatic hydroxyl groups excluding tert-OH is 2. The Morgan fingerprint density at radius 1 is 0.566 bits per heavy atom. The van der Waals surface area contributed by atoms with Crippen molar-refractivity contribution in [2.75, 3.05) is 23.2 Å². The zero-order chi connectivity index (χ0) is 52.6. The highest BCUT2D eigenvalue weighted by molar-refractivity contribution is 7.85. The van der Waals surface area contributed by atoms with Gasteiger partial charge in [0.05, 0.1) is 67.8 Å². The van der Waals surface area contributed by atoms with Crippen molar-refractivity contribution in [3.63, 3.8) is 0 Å². The number of rotatable bonds is 13. The lowest BCUT2D eigenvalue weighted by atomic mass is 10.1. The summed E-state index contributed by atoms with van der Waals surface area (Å²) in [5.41, 5.74) is 12.9. The molecular formula is C61H62N4O10S. The van der Waals surface area contributed by atoms with Gasteiger partial charge < -0.3 is 24.4 Å². The molecule has 0 saturated carbocycles. The molecule has 15 heteroatoms. The number of ether oxygens (including phenoxy) is 3. The van der Waals surface area contributed by atoms with Crippen LogP contribution in [0.2, 0.25) is 0 Å². The van der Waals surface area contributed by atoms with Crippen LogP contribution in [0.1, 0.15) is 85.1 Å². The first-order valence-electron chi connectivity index (χ1n) is 24.7. The molecule has 7 aromatic rings. The van der Waals surface area contributed by atoms with Gasteiger partial charge in [-0.05, 0) is 93.7 Å². The Balaban J connectivity index is 0.000000252. The topological polar surface area (TPSA) is 177 Å². The van der Waals surface area contributed by atoms with E-state index in [2.05, 4.69) is 23.2 Å². The summed E-state index contributed by atoms with van der Waals surface area (Å²) in [6, 6.07) is 46.0. The predicted molar refractivity (Wildman–Crippen MR) is 298 cm³/mol. The maximum atomic E-state index is 13.8. The number of fused-ring (bicyclic) bond motifs is 8. The molecule has 0 spiro atoms. The quantitative estimate of drug-likeness (QED) is 0.106. The van der Waals surface area contributed by atoms with Crippen LogP contribution in [0.15, 0.2) is 156 Å². The van der Waals surface area contributed by atoms with E-state index in [1.54, 1.807) is 25.3 Å². The summed E-state index contributed by atoms with van der Waals surface area (Å²) in [5.74, 6) is 1.49. The van der Waals surface area contributed by atoms with E-state index in [9.17, 15) is 18.0 Å². The number of aliphatic hydroxyl groups is 2. The summed E-state index contributed by atoms with van der Waals surface area (Å²) in [5, 5.41) is 17.4. The van der Waals surface area contributed by atoms with Gasteiger partial charge in [0.2, 0.25) is 0 Å². The largest absolute Gasteiger partial charge is 0.493 e. The maximum Gasteiger partial charge on any atom is 0.264 e. The van der Waals surface area contributed by atoms with Gasteiger partial charge in [-0.15, -0.1) is 0 Å². The molecule has 11 rings (SSSR count). The highest BCUT2D eigenvalue weighted by atomic mass is 32.2. The van der Waals surface area contributed by atoms with Crippen molar-refractivity contribution >= 4 is 57.1 Å². The van der Waals surface area contributed by atoms with Gasteiger partial charge in [0.25, 0.3) is 21.9 Å². The highest BCUT2D eigenvalue weighted by Gasteiger charge is 2.38. The third-order valence-electron chi connectivity index (χ3n) is 13.2. The lowest BCUT2D eigenvalue weighted by Gasteiger charge is -2.22. The standard InChI is InChI=1S/C42H34N4O5.C10H14O3S.C8H10O2.CH4/c1-25-14-32-34(43-21-30-16-28-10-3-5-12-36(28)45(30)41(32)47)19-38(25)50-23-26-8-7-9-27(15-26)24-51-40-20-35-33(18-39(40)49-2)42(48)46-31(22-44-35)17-29-11-4-6-13-37(29)46;1-3-9-5-4-6-10(7-9)8-13-14(2,11)12;9-5-7-2-1-3-8(4-7)6-10;/h3-15,18-22,30-31H,16-17,23-24H2,1-2H3;4-7H,3,8H2,1-2H3;1-4,9-10H,5-6H2;1H4/t30-,31-;;;/m0.../s1. The van der Waals surface area contributed by atoms with Crippen LogP contribution in [0.3, 0.4) is 0 Å². The highest BCUT2D eigenvalue weighted by Crippen LogP contribution is 2.42. The van der Waals surface area contributed by atoms with Crippen molar-refractivity contribution in [2.24, 2.45) is 9.98 Å². The molecule has 4 heterocycles. The van der Waals surface area contributed by atoms with E-state index < -0.39 is 10.1 Å². The number of aryl methyl sites for hydroxylation is 2. The van der Waals surface area contributed by atoms with E-state index in [0.717, 1.165) is 81.4 Å². The Morgan fingerprint density at radius 2 is 1.01 bits per heavy atom. The molecule has 2 N–H and O–H groups in total. The molecule has 0 fully saturated rings. The number of anilines is 2. The van der Waals surface area contributed by atoms with Crippen molar-refractivity contribution in [3.8, 4) is 17.2 Å². The Morgan fingerprint density at radius 3 is 1.53 bits per heavy atom. The Hall–Kier alpha value is -7.95. The van der Waals surface area contributed by atoms with E-state index in [1.807, 2.05) is 144 Å². The van der Waals surface area contributed by atoms with Gasteiger partial charge in [0.15, 0.2) is 11.5 Å². The molecule has 0 saturated heterocycles. The van der Waals surface area contributed by atoms with E-state index in [0.29, 0.717) is 46.4 Å². The van der Waals surface area contributed by atoms with Crippen molar-refractivity contribution in [1.29, 1.82) is 0 Å². The third-order valence-corrected chi connectivity index (χ3v) is 13.8. The second-order valence-corrected chi connectivity index (χ2v) is 20.2. The molecule has 4 aliphatic heterocycles. The molecular weight excluding hydrogens is 981 g/mol. The molecule has 2 amide bonds. The number of amides is 2. The van der Waals surface area contributed by atoms with Crippen LogP contribution < -0.4 is 24.0 Å². The molecule has 0 bridgehead atoms. The fourth-order valence-corrected chi connectivity index (χ4v) is 9.81. The van der Waals surface area contributed by atoms with Gasteiger partial charge in [0, 0.05) is 48.8 Å². The molecule has 7 aromatic carbocycles. The Kier molecular flexibility index (Phi) is 17.3. The number of benzene rings is 7. The fourth-order valence-electron chi connectivity index (χ4n) is 9.46. The van der Waals surface area contributed by atoms with Gasteiger partial charge in [-0.2, -0.15) is 8.42 Å². The minimum atomic E-state index is -3.34. The lowest BCUT2D eigenvalue weighted by molar-refractivity contribution is 0.0979. The monoisotopic (exact) mass is 1040 g/mol. The molecule has 2 atom stereocenters. The van der Waals surface area contributed by atoms with Crippen molar-refractivity contribution in [1.82, 2.24) is 0 Å². The summed E-state index contributed by atoms with van der Waals surface area (Å²) in [4.78, 5) is 40.6. The summed E-state index contributed by atoms with van der Waals surface area (Å²) < 4.78 is 44.4. The van der Waals surface area contributed by atoms with Gasteiger partial charge in [-0.3, -0.25) is 33.6 Å². The van der Waals surface area contributed by atoms with Crippen LogP contribution in [0, 0.1) is 6.92 Å². The third kappa shape index (κ3) is 12.4. The van der Waals surface area contributed by atoms with E-state index >= 15 is 0 Å². The van der Waals surface area contributed by atoms with E-state index in [1.165, 1.54) is 5.56 Å². The predicted octanol–water partition coefficient (Wildman–Crippen LogP) is 10.8. The zero-order valence-electron chi connectivity index (χ0n) is 42.2. The maximum absolute atomic E-state index is 13.8. The van der Waals surface area contributed by atoms with Gasteiger partial charge >= 0.3 is 0 Å². The van der Waals surface area contributed by atoms with Crippen molar-refractivity contribution in [2.45, 2.75) is 85.7 Å². The average Bonchev–Trinajstić information content (AvgIpc) is 3.99.